The van der Waals surface area contributed by atoms with Gasteiger partial charge in [0, 0.05) is 0 Å². The molecule has 2 aliphatic carbocycles. The van der Waals surface area contributed by atoms with Crippen molar-refractivity contribution in [3.63, 3.8) is 0 Å². The van der Waals surface area contributed by atoms with Gasteiger partial charge in [-0.25, -0.2) is 0 Å². The second kappa shape index (κ2) is 6.26. The Morgan fingerprint density at radius 3 is 2.78 bits per heavy atom. The first-order chi connectivity index (χ1) is 8.72. The summed E-state index contributed by atoms with van der Waals surface area (Å²) in [5.74, 6) is 1.96. The molecule has 0 aromatic rings. The normalized spacial score (nSPS) is 38.1. The summed E-state index contributed by atoms with van der Waals surface area (Å²) in [4.78, 5) is 0. The van der Waals surface area contributed by atoms with E-state index in [9.17, 15) is 0 Å². The average Bonchev–Trinajstić information content (AvgIpc) is 2.71. The number of fused-ring (bicyclic) bond motifs is 1. The van der Waals surface area contributed by atoms with E-state index < -0.39 is 0 Å². The number of hydrogen-bond donors (Lipinski definition) is 0. The first kappa shape index (κ1) is 14.2. The zero-order valence-electron chi connectivity index (χ0n) is 12.8. The van der Waals surface area contributed by atoms with Crippen molar-refractivity contribution in [3.05, 3.63) is 11.6 Å². The molecule has 0 amide bonds. The van der Waals surface area contributed by atoms with Gasteiger partial charge in [-0.05, 0) is 62.7 Å². The number of unbranched alkanes of at least 4 members (excludes halogenated alkanes) is 3. The van der Waals surface area contributed by atoms with E-state index in [1.807, 2.05) is 0 Å². The minimum atomic E-state index is 0.659. The highest BCUT2D eigenvalue weighted by Gasteiger charge is 2.48. The second-order valence-corrected chi connectivity index (χ2v) is 6.90. The van der Waals surface area contributed by atoms with Gasteiger partial charge in [-0.3, -0.25) is 0 Å². The van der Waals surface area contributed by atoms with E-state index in [0.717, 1.165) is 11.8 Å². The lowest BCUT2D eigenvalue weighted by Crippen LogP contribution is -2.33. The van der Waals surface area contributed by atoms with Crippen LogP contribution in [0.3, 0.4) is 0 Å². The van der Waals surface area contributed by atoms with Crippen LogP contribution >= 0.6 is 0 Å². The van der Waals surface area contributed by atoms with Gasteiger partial charge in [0.1, 0.15) is 0 Å². The zero-order chi connectivity index (χ0) is 13.0. The molecule has 0 N–H and O–H groups in total. The molecule has 2 rings (SSSR count). The molecule has 0 heterocycles. The van der Waals surface area contributed by atoms with Crippen LogP contribution in [-0.2, 0) is 0 Å². The Hall–Kier alpha value is -0.260. The number of rotatable bonds is 5. The molecule has 3 atom stereocenters. The van der Waals surface area contributed by atoms with Crippen molar-refractivity contribution in [1.82, 2.24) is 0 Å². The van der Waals surface area contributed by atoms with Crippen molar-refractivity contribution in [2.75, 3.05) is 0 Å². The van der Waals surface area contributed by atoms with Gasteiger partial charge in [-0.15, -0.1) is 0 Å². The van der Waals surface area contributed by atoms with Crippen LogP contribution in [0, 0.1) is 17.3 Å². The van der Waals surface area contributed by atoms with Crippen LogP contribution in [-0.4, -0.2) is 0 Å². The Labute approximate surface area is 114 Å². The summed E-state index contributed by atoms with van der Waals surface area (Å²) in [5.41, 5.74) is 2.45. The monoisotopic (exact) mass is 248 g/mol. The highest BCUT2D eigenvalue weighted by molar-refractivity contribution is 5.17. The summed E-state index contributed by atoms with van der Waals surface area (Å²) in [6.07, 6.45) is 17.0. The van der Waals surface area contributed by atoms with E-state index in [4.69, 9.17) is 0 Å². The summed E-state index contributed by atoms with van der Waals surface area (Å²) < 4.78 is 0. The smallest absolute Gasteiger partial charge is 0.0147 e. The van der Waals surface area contributed by atoms with Crippen molar-refractivity contribution < 1.29 is 0 Å². The Balaban J connectivity index is 1.94. The van der Waals surface area contributed by atoms with Crippen molar-refractivity contribution in [1.29, 1.82) is 0 Å². The van der Waals surface area contributed by atoms with Crippen LogP contribution in [0.4, 0.5) is 0 Å². The molecule has 104 valence electrons. The molecule has 0 radical (unpaired) electrons. The predicted octanol–water partition coefficient (Wildman–Crippen LogP) is 6.12. The van der Waals surface area contributed by atoms with Crippen molar-refractivity contribution in [2.24, 2.45) is 17.3 Å². The molecule has 0 saturated heterocycles. The lowest BCUT2D eigenvalue weighted by atomic mass is 9.63. The Kier molecular flexibility index (Phi) is 4.92. The molecule has 0 nitrogen and oxygen atoms in total. The zero-order valence-corrected chi connectivity index (χ0v) is 12.8. The summed E-state index contributed by atoms with van der Waals surface area (Å²) in [6.45, 7) is 7.18. The first-order valence-electron chi connectivity index (χ1n) is 8.37. The highest BCUT2D eigenvalue weighted by atomic mass is 14.5. The van der Waals surface area contributed by atoms with Gasteiger partial charge in [0.15, 0.2) is 0 Å². The largest absolute Gasteiger partial charge is 0.0882 e. The maximum atomic E-state index is 2.61. The molecule has 0 bridgehead atoms. The van der Waals surface area contributed by atoms with E-state index in [1.165, 1.54) is 64.2 Å². The molecule has 2 fully saturated rings. The fourth-order valence-electron chi connectivity index (χ4n) is 4.78. The van der Waals surface area contributed by atoms with E-state index >= 15 is 0 Å². The molecule has 0 heteroatoms. The standard InChI is InChI=1S/C18H32/c1-4-6-7-8-11-16-12-13-17-15(5-2)10-9-14-18(16,17)3/h5,16-17H,4,6-14H2,1-3H3/b15-5+. The molecule has 0 aliphatic heterocycles. The molecule has 2 saturated carbocycles. The van der Waals surface area contributed by atoms with Crippen molar-refractivity contribution in [3.8, 4) is 0 Å². The van der Waals surface area contributed by atoms with E-state index in [-0.39, 0.29) is 0 Å². The molecular weight excluding hydrogens is 216 g/mol. The van der Waals surface area contributed by atoms with E-state index in [0.29, 0.717) is 5.41 Å². The number of allylic oxidation sites excluding steroid dienone is 2. The summed E-state index contributed by atoms with van der Waals surface area (Å²) in [7, 11) is 0. The quantitative estimate of drug-likeness (QED) is 0.406. The van der Waals surface area contributed by atoms with Crippen LogP contribution in [0.2, 0.25) is 0 Å². The third-order valence-electron chi connectivity index (χ3n) is 5.94. The fourth-order valence-corrected chi connectivity index (χ4v) is 4.78. The molecule has 2 aliphatic rings. The third kappa shape index (κ3) is 2.68. The predicted molar refractivity (Wildman–Crippen MR) is 80.7 cm³/mol. The topological polar surface area (TPSA) is 0 Å². The second-order valence-electron chi connectivity index (χ2n) is 6.90. The summed E-state index contributed by atoms with van der Waals surface area (Å²) in [5, 5.41) is 0. The molecule has 0 spiro atoms. The van der Waals surface area contributed by atoms with Crippen LogP contribution in [0.1, 0.15) is 85.0 Å². The fraction of sp³-hybridized carbons (Fsp3) is 0.889. The molecular formula is C18H32. The highest BCUT2D eigenvalue weighted by Crippen LogP contribution is 2.58. The molecule has 0 aromatic carbocycles. The van der Waals surface area contributed by atoms with Gasteiger partial charge < -0.3 is 0 Å². The lowest BCUT2D eigenvalue weighted by Gasteiger charge is -2.42. The first-order valence-corrected chi connectivity index (χ1v) is 8.37. The van der Waals surface area contributed by atoms with E-state index in [1.54, 1.807) is 5.57 Å². The van der Waals surface area contributed by atoms with Crippen LogP contribution < -0.4 is 0 Å². The maximum absolute atomic E-state index is 2.61. The van der Waals surface area contributed by atoms with Crippen molar-refractivity contribution >= 4 is 0 Å². The molecule has 18 heavy (non-hydrogen) atoms. The van der Waals surface area contributed by atoms with Crippen LogP contribution in [0.25, 0.3) is 0 Å². The van der Waals surface area contributed by atoms with Crippen LogP contribution in [0.15, 0.2) is 11.6 Å². The lowest BCUT2D eigenvalue weighted by molar-refractivity contribution is 0.127. The van der Waals surface area contributed by atoms with E-state index in [2.05, 4.69) is 26.8 Å². The SMILES string of the molecule is C/C=C1\CCCC2(C)C(CCCCCC)CCC12. The van der Waals surface area contributed by atoms with Gasteiger partial charge in [0.05, 0.1) is 0 Å². The Bertz CT molecular complexity index is 288. The summed E-state index contributed by atoms with van der Waals surface area (Å²) in [6, 6.07) is 0. The van der Waals surface area contributed by atoms with Gasteiger partial charge >= 0.3 is 0 Å². The average molecular weight is 248 g/mol. The van der Waals surface area contributed by atoms with Crippen LogP contribution in [0.5, 0.6) is 0 Å². The van der Waals surface area contributed by atoms with Crippen molar-refractivity contribution in [2.45, 2.75) is 85.0 Å². The Morgan fingerprint density at radius 2 is 2.06 bits per heavy atom. The molecule has 0 aromatic heterocycles. The van der Waals surface area contributed by atoms with Gasteiger partial charge in [0.2, 0.25) is 0 Å². The minimum Gasteiger partial charge on any atom is -0.0882 e. The molecule has 3 unspecified atom stereocenters. The van der Waals surface area contributed by atoms with Gasteiger partial charge in [-0.2, -0.15) is 0 Å². The van der Waals surface area contributed by atoms with Gasteiger partial charge in [-0.1, -0.05) is 51.2 Å². The third-order valence-corrected chi connectivity index (χ3v) is 5.94. The number of hydrogen-bond acceptors (Lipinski definition) is 0. The van der Waals surface area contributed by atoms with Gasteiger partial charge in [0.25, 0.3) is 0 Å². The maximum Gasteiger partial charge on any atom is -0.0147 e. The minimum absolute atomic E-state index is 0.659. The Morgan fingerprint density at radius 1 is 1.22 bits per heavy atom. The summed E-state index contributed by atoms with van der Waals surface area (Å²) >= 11 is 0.